The van der Waals surface area contributed by atoms with Crippen molar-refractivity contribution in [1.82, 2.24) is 19.5 Å². The molecule has 0 unspecified atom stereocenters. The second-order valence-corrected chi connectivity index (χ2v) is 4.51. The first-order valence-corrected chi connectivity index (χ1v) is 5.52. The summed E-state index contributed by atoms with van der Waals surface area (Å²) in [6, 6.07) is 0. The molecule has 2 aromatic rings. The van der Waals surface area contributed by atoms with E-state index in [4.69, 9.17) is 5.73 Å². The van der Waals surface area contributed by atoms with Gasteiger partial charge in [-0.05, 0) is 18.8 Å². The number of aliphatic hydroxyl groups excluding tert-OH is 1. The zero-order valence-electron chi connectivity index (χ0n) is 9.13. The molecule has 0 atom stereocenters. The minimum absolute atomic E-state index is 0.0953. The quantitative estimate of drug-likeness (QED) is 0.648. The van der Waals surface area contributed by atoms with Crippen LogP contribution in [0.2, 0.25) is 0 Å². The molecule has 0 saturated heterocycles. The van der Waals surface area contributed by atoms with Gasteiger partial charge in [0.2, 0.25) is 5.95 Å². The number of aliphatic hydroxyl groups is 1. The number of anilines is 1. The first kappa shape index (κ1) is 10.3. The van der Waals surface area contributed by atoms with Crippen LogP contribution in [0.5, 0.6) is 0 Å². The second-order valence-electron chi connectivity index (χ2n) is 4.51. The van der Waals surface area contributed by atoms with Crippen molar-refractivity contribution in [3.63, 3.8) is 0 Å². The topological polar surface area (TPSA) is 110 Å². The highest BCUT2D eigenvalue weighted by Crippen LogP contribution is 2.29. The predicted octanol–water partition coefficient (Wildman–Crippen LogP) is -0.527. The summed E-state index contributed by atoms with van der Waals surface area (Å²) in [5.74, 6) is 0.516. The van der Waals surface area contributed by atoms with Crippen LogP contribution in [0.1, 0.15) is 12.8 Å². The fourth-order valence-electron chi connectivity index (χ4n) is 2.23. The Morgan fingerprint density at radius 2 is 2.35 bits per heavy atom. The standard InChI is InChI=1S/C10H13N5O2/c11-10-13-8-7(9(17)14-10)12-4-15(8)3-5-1-6(16)2-5/h4-6,16H,1-3H2,(H3,11,13,14,17). The molecule has 0 spiro atoms. The molecule has 1 aliphatic carbocycles. The zero-order valence-corrected chi connectivity index (χ0v) is 9.13. The Kier molecular flexibility index (Phi) is 2.15. The lowest BCUT2D eigenvalue weighted by atomic mass is 9.82. The minimum atomic E-state index is -0.320. The maximum atomic E-state index is 11.5. The van der Waals surface area contributed by atoms with Gasteiger partial charge in [0.25, 0.3) is 5.56 Å². The molecule has 7 heteroatoms. The summed E-state index contributed by atoms with van der Waals surface area (Å²) in [6.07, 6.45) is 2.99. The Balaban J connectivity index is 1.97. The van der Waals surface area contributed by atoms with Gasteiger partial charge in [-0.1, -0.05) is 0 Å². The number of aromatic amines is 1. The van der Waals surface area contributed by atoms with Crippen LogP contribution in [-0.2, 0) is 6.54 Å². The molecular weight excluding hydrogens is 222 g/mol. The van der Waals surface area contributed by atoms with Gasteiger partial charge in [-0.25, -0.2) is 4.98 Å². The molecule has 3 rings (SSSR count). The number of nitrogen functional groups attached to an aromatic ring is 1. The highest BCUT2D eigenvalue weighted by Gasteiger charge is 2.27. The number of nitrogens with two attached hydrogens (primary N) is 1. The molecule has 7 nitrogen and oxygen atoms in total. The van der Waals surface area contributed by atoms with Crippen LogP contribution in [0.15, 0.2) is 11.1 Å². The van der Waals surface area contributed by atoms with Gasteiger partial charge in [-0.15, -0.1) is 0 Å². The van der Waals surface area contributed by atoms with E-state index >= 15 is 0 Å². The van der Waals surface area contributed by atoms with Gasteiger partial charge in [0.05, 0.1) is 12.4 Å². The van der Waals surface area contributed by atoms with Crippen LogP contribution < -0.4 is 11.3 Å². The molecule has 1 fully saturated rings. The first-order valence-electron chi connectivity index (χ1n) is 5.52. The number of hydrogen-bond acceptors (Lipinski definition) is 5. The van der Waals surface area contributed by atoms with Gasteiger partial charge in [0, 0.05) is 6.54 Å². The lowest BCUT2D eigenvalue weighted by molar-refractivity contribution is 0.0356. The molecule has 0 amide bonds. The van der Waals surface area contributed by atoms with Crippen molar-refractivity contribution in [3.8, 4) is 0 Å². The van der Waals surface area contributed by atoms with Crippen LogP contribution in [0.3, 0.4) is 0 Å². The van der Waals surface area contributed by atoms with E-state index in [0.29, 0.717) is 23.6 Å². The lowest BCUT2D eigenvalue weighted by Crippen LogP contribution is -2.31. The molecule has 0 aromatic carbocycles. The second kappa shape index (κ2) is 3.56. The minimum Gasteiger partial charge on any atom is -0.393 e. The average molecular weight is 235 g/mol. The van der Waals surface area contributed by atoms with Gasteiger partial charge >= 0.3 is 0 Å². The molecule has 4 N–H and O–H groups in total. The molecule has 0 bridgehead atoms. The van der Waals surface area contributed by atoms with E-state index in [2.05, 4.69) is 15.0 Å². The summed E-state index contributed by atoms with van der Waals surface area (Å²) in [7, 11) is 0. The van der Waals surface area contributed by atoms with Crippen molar-refractivity contribution in [3.05, 3.63) is 16.7 Å². The first-order chi connectivity index (χ1) is 8.13. The van der Waals surface area contributed by atoms with E-state index in [1.807, 2.05) is 4.57 Å². The zero-order chi connectivity index (χ0) is 12.0. The number of rotatable bonds is 2. The molecule has 1 saturated carbocycles. The summed E-state index contributed by atoms with van der Waals surface area (Å²) in [5.41, 5.74) is 6.00. The van der Waals surface area contributed by atoms with E-state index in [9.17, 15) is 9.90 Å². The fraction of sp³-hybridized carbons (Fsp3) is 0.500. The summed E-state index contributed by atoms with van der Waals surface area (Å²) in [5, 5.41) is 9.23. The predicted molar refractivity (Wildman–Crippen MR) is 61.3 cm³/mol. The molecule has 90 valence electrons. The maximum Gasteiger partial charge on any atom is 0.280 e. The van der Waals surface area contributed by atoms with E-state index in [-0.39, 0.29) is 17.6 Å². The normalized spacial score (nSPS) is 23.8. The Labute approximate surface area is 96.3 Å². The van der Waals surface area contributed by atoms with Crippen molar-refractivity contribution in [2.75, 3.05) is 5.73 Å². The SMILES string of the molecule is Nc1nc2c(ncn2CC2CC(O)C2)c(=O)[nH]1. The highest BCUT2D eigenvalue weighted by molar-refractivity contribution is 5.70. The summed E-state index contributed by atoms with van der Waals surface area (Å²) < 4.78 is 1.82. The van der Waals surface area contributed by atoms with Crippen molar-refractivity contribution in [2.24, 2.45) is 5.92 Å². The molecule has 0 aliphatic heterocycles. The van der Waals surface area contributed by atoms with Crippen LogP contribution in [0.25, 0.3) is 11.2 Å². The third kappa shape index (κ3) is 1.68. The van der Waals surface area contributed by atoms with Gasteiger partial charge in [-0.3, -0.25) is 9.78 Å². The summed E-state index contributed by atoms with van der Waals surface area (Å²) in [6.45, 7) is 0.712. The van der Waals surface area contributed by atoms with Crippen LogP contribution in [0.4, 0.5) is 5.95 Å². The van der Waals surface area contributed by atoms with Gasteiger partial charge < -0.3 is 15.4 Å². The van der Waals surface area contributed by atoms with E-state index in [1.165, 1.54) is 0 Å². The van der Waals surface area contributed by atoms with Crippen molar-refractivity contribution in [1.29, 1.82) is 0 Å². The van der Waals surface area contributed by atoms with Crippen LogP contribution >= 0.6 is 0 Å². The molecule has 0 radical (unpaired) electrons. The number of H-pyrrole nitrogens is 1. The largest absolute Gasteiger partial charge is 0.393 e. The van der Waals surface area contributed by atoms with E-state index < -0.39 is 0 Å². The number of imidazole rings is 1. The Morgan fingerprint density at radius 3 is 3.06 bits per heavy atom. The summed E-state index contributed by atoms with van der Waals surface area (Å²) in [4.78, 5) is 22.1. The lowest BCUT2D eigenvalue weighted by Gasteiger charge is -2.31. The maximum absolute atomic E-state index is 11.5. The van der Waals surface area contributed by atoms with E-state index in [1.54, 1.807) is 6.33 Å². The number of hydrogen-bond donors (Lipinski definition) is 3. The van der Waals surface area contributed by atoms with E-state index in [0.717, 1.165) is 12.8 Å². The van der Waals surface area contributed by atoms with Crippen molar-refractivity contribution < 1.29 is 5.11 Å². The van der Waals surface area contributed by atoms with Crippen molar-refractivity contribution in [2.45, 2.75) is 25.5 Å². The number of aromatic nitrogens is 4. The molecule has 17 heavy (non-hydrogen) atoms. The third-order valence-corrected chi connectivity index (χ3v) is 3.16. The number of nitrogens with zero attached hydrogens (tertiary/aromatic N) is 3. The Bertz CT molecular complexity index is 611. The van der Waals surface area contributed by atoms with Crippen molar-refractivity contribution >= 4 is 17.1 Å². The summed E-state index contributed by atoms with van der Waals surface area (Å²) >= 11 is 0. The monoisotopic (exact) mass is 235 g/mol. The molecule has 1 aliphatic rings. The number of fused-ring (bicyclic) bond motifs is 1. The molecule has 2 aromatic heterocycles. The van der Waals surface area contributed by atoms with Crippen LogP contribution in [-0.4, -0.2) is 30.7 Å². The third-order valence-electron chi connectivity index (χ3n) is 3.16. The van der Waals surface area contributed by atoms with Gasteiger partial charge in [0.15, 0.2) is 11.2 Å². The van der Waals surface area contributed by atoms with Crippen LogP contribution in [0, 0.1) is 5.92 Å². The van der Waals surface area contributed by atoms with Gasteiger partial charge in [0.1, 0.15) is 0 Å². The Morgan fingerprint density at radius 1 is 1.59 bits per heavy atom. The average Bonchev–Trinajstić information content (AvgIpc) is 2.59. The smallest absolute Gasteiger partial charge is 0.280 e. The number of nitrogens with one attached hydrogen (secondary N) is 1. The molecular formula is C10H13N5O2. The highest BCUT2D eigenvalue weighted by atomic mass is 16.3. The Hall–Kier alpha value is -1.89. The fourth-order valence-corrected chi connectivity index (χ4v) is 2.23. The molecule has 2 heterocycles. The van der Waals surface area contributed by atoms with Gasteiger partial charge in [-0.2, -0.15) is 4.98 Å².